The molecule has 2 heterocycles. The molecule has 0 aliphatic heterocycles. The van der Waals surface area contributed by atoms with Crippen LogP contribution in [0, 0.1) is 13.8 Å². The van der Waals surface area contributed by atoms with E-state index in [4.69, 9.17) is 4.42 Å². The Bertz CT molecular complexity index is 584. The number of nitrogens with zero attached hydrogens (tertiary/aromatic N) is 2. The summed E-state index contributed by atoms with van der Waals surface area (Å²) in [6.45, 7) is 7.27. The topological polar surface area (TPSA) is 60.1 Å². The highest BCUT2D eigenvalue weighted by atomic mass is 16.4. The van der Waals surface area contributed by atoms with Gasteiger partial charge in [0.2, 0.25) is 0 Å². The monoisotopic (exact) mass is 275 g/mol. The molecule has 2 rings (SSSR count). The summed E-state index contributed by atoms with van der Waals surface area (Å²) in [6, 6.07) is 5.55. The summed E-state index contributed by atoms with van der Waals surface area (Å²) in [6.07, 6.45) is 2.03. The third kappa shape index (κ3) is 3.50. The van der Waals surface area contributed by atoms with E-state index in [-0.39, 0.29) is 5.91 Å². The molecule has 0 aliphatic rings. The number of carbonyl (C=O) groups is 1. The van der Waals surface area contributed by atoms with E-state index in [0.29, 0.717) is 18.8 Å². The molecule has 20 heavy (non-hydrogen) atoms. The lowest BCUT2D eigenvalue weighted by molar-refractivity contribution is 0.0923. The summed E-state index contributed by atoms with van der Waals surface area (Å²) in [5, 5.41) is 7.21. The van der Waals surface area contributed by atoms with Crippen molar-refractivity contribution in [2.45, 2.75) is 40.2 Å². The summed E-state index contributed by atoms with van der Waals surface area (Å²) in [4.78, 5) is 11.8. The maximum absolute atomic E-state index is 11.8. The molecule has 0 fully saturated rings. The van der Waals surface area contributed by atoms with Crippen LogP contribution in [0.25, 0.3) is 0 Å². The zero-order valence-corrected chi connectivity index (χ0v) is 12.3. The molecule has 0 spiro atoms. The Labute approximate surface area is 119 Å². The van der Waals surface area contributed by atoms with Crippen LogP contribution in [0.4, 0.5) is 0 Å². The maximum Gasteiger partial charge on any atom is 0.286 e. The van der Waals surface area contributed by atoms with Gasteiger partial charge in [-0.3, -0.25) is 9.48 Å². The number of aryl methyl sites for hydroxylation is 2. The summed E-state index contributed by atoms with van der Waals surface area (Å²) < 4.78 is 7.44. The van der Waals surface area contributed by atoms with Gasteiger partial charge in [-0.25, -0.2) is 0 Å². The quantitative estimate of drug-likeness (QED) is 0.824. The Morgan fingerprint density at radius 3 is 2.85 bits per heavy atom. The van der Waals surface area contributed by atoms with Crippen LogP contribution in [-0.2, 0) is 6.54 Å². The summed E-state index contributed by atoms with van der Waals surface area (Å²) in [5.74, 6) is 0.938. The van der Waals surface area contributed by atoms with Crippen LogP contribution >= 0.6 is 0 Å². The van der Waals surface area contributed by atoms with Gasteiger partial charge in [0, 0.05) is 12.2 Å². The number of carbonyl (C=O) groups excluding carboxylic acids is 1. The second-order valence-corrected chi connectivity index (χ2v) is 4.96. The first-order valence-corrected chi connectivity index (χ1v) is 6.98. The first-order chi connectivity index (χ1) is 9.60. The van der Waals surface area contributed by atoms with Crippen LogP contribution in [0.1, 0.15) is 47.5 Å². The molecule has 2 aromatic heterocycles. The molecule has 1 N–H and O–H groups in total. The number of aromatic nitrogens is 2. The minimum Gasteiger partial charge on any atom is -0.454 e. The van der Waals surface area contributed by atoms with Crippen molar-refractivity contribution in [3.05, 3.63) is 41.1 Å². The standard InChI is InChI=1S/C15H21N3O2/c1-4-5-8-16-15(19)14-7-6-13(20-14)10-18-12(3)9-11(2)17-18/h6-7,9H,4-5,8,10H2,1-3H3,(H,16,19). The van der Waals surface area contributed by atoms with Crippen LogP contribution in [0.3, 0.4) is 0 Å². The predicted octanol–water partition coefficient (Wildman–Crippen LogP) is 2.67. The van der Waals surface area contributed by atoms with E-state index >= 15 is 0 Å². The number of amides is 1. The SMILES string of the molecule is CCCCNC(=O)c1ccc(Cn2nc(C)cc2C)o1. The highest BCUT2D eigenvalue weighted by molar-refractivity contribution is 5.91. The van der Waals surface area contributed by atoms with E-state index in [0.717, 1.165) is 30.0 Å². The molecule has 0 aromatic carbocycles. The fourth-order valence-electron chi connectivity index (χ4n) is 2.03. The molecule has 0 aliphatic carbocycles. The molecule has 0 bridgehead atoms. The van der Waals surface area contributed by atoms with E-state index < -0.39 is 0 Å². The average molecular weight is 275 g/mol. The van der Waals surface area contributed by atoms with Crippen LogP contribution in [0.15, 0.2) is 22.6 Å². The molecule has 0 saturated carbocycles. The molecule has 5 heteroatoms. The van der Waals surface area contributed by atoms with E-state index in [2.05, 4.69) is 17.3 Å². The zero-order valence-electron chi connectivity index (χ0n) is 12.3. The van der Waals surface area contributed by atoms with Gasteiger partial charge in [0.15, 0.2) is 5.76 Å². The maximum atomic E-state index is 11.8. The lowest BCUT2D eigenvalue weighted by atomic mass is 10.3. The van der Waals surface area contributed by atoms with Crippen molar-refractivity contribution in [3.63, 3.8) is 0 Å². The van der Waals surface area contributed by atoms with Gasteiger partial charge in [-0.1, -0.05) is 13.3 Å². The minimum absolute atomic E-state index is 0.155. The van der Waals surface area contributed by atoms with Crippen molar-refractivity contribution < 1.29 is 9.21 Å². The number of unbranched alkanes of at least 4 members (excludes halogenated alkanes) is 1. The van der Waals surface area contributed by atoms with Crippen molar-refractivity contribution in [2.24, 2.45) is 0 Å². The smallest absolute Gasteiger partial charge is 0.286 e. The molecule has 1 amide bonds. The molecule has 0 radical (unpaired) electrons. The summed E-state index contributed by atoms with van der Waals surface area (Å²) >= 11 is 0. The van der Waals surface area contributed by atoms with Gasteiger partial charge in [-0.15, -0.1) is 0 Å². The lowest BCUT2D eigenvalue weighted by Crippen LogP contribution is -2.23. The highest BCUT2D eigenvalue weighted by Gasteiger charge is 2.11. The molecule has 0 saturated heterocycles. The molecule has 0 unspecified atom stereocenters. The first-order valence-electron chi connectivity index (χ1n) is 6.98. The van der Waals surface area contributed by atoms with E-state index in [1.54, 1.807) is 6.07 Å². The summed E-state index contributed by atoms with van der Waals surface area (Å²) in [7, 11) is 0. The Morgan fingerprint density at radius 1 is 1.40 bits per heavy atom. The second-order valence-electron chi connectivity index (χ2n) is 4.96. The third-order valence-electron chi connectivity index (χ3n) is 3.11. The molecular formula is C15H21N3O2. The number of hydrogen-bond acceptors (Lipinski definition) is 3. The molecule has 5 nitrogen and oxygen atoms in total. The van der Waals surface area contributed by atoms with Gasteiger partial charge >= 0.3 is 0 Å². The number of rotatable bonds is 6. The third-order valence-corrected chi connectivity index (χ3v) is 3.11. The molecule has 0 atom stereocenters. The molecule has 108 valence electrons. The van der Waals surface area contributed by atoms with Gasteiger partial charge in [0.25, 0.3) is 5.91 Å². The van der Waals surface area contributed by atoms with Gasteiger partial charge in [0.1, 0.15) is 5.76 Å². The van der Waals surface area contributed by atoms with Crippen LogP contribution in [0.5, 0.6) is 0 Å². The van der Waals surface area contributed by atoms with E-state index in [1.165, 1.54) is 0 Å². The van der Waals surface area contributed by atoms with Crippen molar-refractivity contribution in [3.8, 4) is 0 Å². The Hall–Kier alpha value is -2.04. The van der Waals surface area contributed by atoms with Gasteiger partial charge < -0.3 is 9.73 Å². The number of furan rings is 1. The van der Waals surface area contributed by atoms with Crippen molar-refractivity contribution >= 4 is 5.91 Å². The Kier molecular flexibility index (Phi) is 4.61. The fraction of sp³-hybridized carbons (Fsp3) is 0.467. The molecular weight excluding hydrogens is 254 g/mol. The van der Waals surface area contributed by atoms with Crippen molar-refractivity contribution in [1.29, 1.82) is 0 Å². The molecule has 2 aromatic rings. The average Bonchev–Trinajstić information content (AvgIpc) is 2.98. The van der Waals surface area contributed by atoms with Crippen LogP contribution in [-0.4, -0.2) is 22.2 Å². The largest absolute Gasteiger partial charge is 0.454 e. The predicted molar refractivity (Wildman–Crippen MR) is 76.8 cm³/mol. The van der Waals surface area contributed by atoms with Gasteiger partial charge in [-0.05, 0) is 38.5 Å². The summed E-state index contributed by atoms with van der Waals surface area (Å²) in [5.41, 5.74) is 2.06. The highest BCUT2D eigenvalue weighted by Crippen LogP contribution is 2.11. The van der Waals surface area contributed by atoms with E-state index in [9.17, 15) is 4.79 Å². The zero-order chi connectivity index (χ0) is 14.5. The Balaban J connectivity index is 1.98. The van der Waals surface area contributed by atoms with Gasteiger partial charge in [0.05, 0.1) is 12.2 Å². The first kappa shape index (κ1) is 14.4. The van der Waals surface area contributed by atoms with Gasteiger partial charge in [-0.2, -0.15) is 5.10 Å². The number of nitrogens with one attached hydrogen (secondary N) is 1. The second kappa shape index (κ2) is 6.41. The Morgan fingerprint density at radius 2 is 2.20 bits per heavy atom. The van der Waals surface area contributed by atoms with E-state index in [1.807, 2.05) is 30.7 Å². The fourth-order valence-corrected chi connectivity index (χ4v) is 2.03. The van der Waals surface area contributed by atoms with Crippen LogP contribution < -0.4 is 5.32 Å². The number of hydrogen-bond donors (Lipinski definition) is 1. The van der Waals surface area contributed by atoms with Crippen LogP contribution in [0.2, 0.25) is 0 Å². The lowest BCUT2D eigenvalue weighted by Gasteiger charge is -2.02. The normalized spacial score (nSPS) is 10.8. The van der Waals surface area contributed by atoms with Crippen molar-refractivity contribution in [1.82, 2.24) is 15.1 Å². The van der Waals surface area contributed by atoms with Crippen molar-refractivity contribution in [2.75, 3.05) is 6.54 Å². The minimum atomic E-state index is -0.155.